The highest BCUT2D eigenvalue weighted by molar-refractivity contribution is 5.75. The Labute approximate surface area is 160 Å². The lowest BCUT2D eigenvalue weighted by atomic mass is 9.95. The zero-order valence-corrected chi connectivity index (χ0v) is 15.7. The molecule has 1 fully saturated rings. The van der Waals surface area contributed by atoms with E-state index in [1.165, 1.54) is 37.7 Å². The number of anilines is 2. The summed E-state index contributed by atoms with van der Waals surface area (Å²) in [5.74, 6) is 1.20. The molecule has 0 spiro atoms. The number of aryl methyl sites for hydroxylation is 1. The van der Waals surface area contributed by atoms with Crippen molar-refractivity contribution in [3.05, 3.63) is 59.9 Å². The summed E-state index contributed by atoms with van der Waals surface area (Å²) in [5.41, 5.74) is 4.39. The standard InChI is InChI=1S/C22H26N4O/c1-16-24-22(27-26-16)18-12-13-20(25-19-10-6-3-7-11-19)21(14-18)23-15-17-8-4-2-5-9-17/h2,4-5,8-9,12-14,19,23,25H,3,6-7,10-11,15H2,1H3. The van der Waals surface area contributed by atoms with Gasteiger partial charge in [-0.3, -0.25) is 0 Å². The van der Waals surface area contributed by atoms with E-state index < -0.39 is 0 Å². The fourth-order valence-electron chi connectivity index (χ4n) is 3.62. The van der Waals surface area contributed by atoms with Crippen molar-refractivity contribution < 1.29 is 4.52 Å². The molecule has 0 bridgehead atoms. The Bertz CT molecular complexity index is 869. The maximum Gasteiger partial charge on any atom is 0.257 e. The molecule has 0 radical (unpaired) electrons. The van der Waals surface area contributed by atoms with Crippen molar-refractivity contribution in [3.63, 3.8) is 0 Å². The van der Waals surface area contributed by atoms with Gasteiger partial charge >= 0.3 is 0 Å². The average molecular weight is 362 g/mol. The van der Waals surface area contributed by atoms with Crippen LogP contribution in [0.3, 0.4) is 0 Å². The van der Waals surface area contributed by atoms with Crippen LogP contribution in [0.5, 0.6) is 0 Å². The van der Waals surface area contributed by atoms with Gasteiger partial charge in [0.15, 0.2) is 5.82 Å². The first-order valence-electron chi connectivity index (χ1n) is 9.77. The topological polar surface area (TPSA) is 63.0 Å². The third-order valence-corrected chi connectivity index (χ3v) is 5.08. The number of hydrogen-bond donors (Lipinski definition) is 2. The molecule has 5 nitrogen and oxygen atoms in total. The van der Waals surface area contributed by atoms with Crippen molar-refractivity contribution in [1.82, 2.24) is 10.1 Å². The van der Waals surface area contributed by atoms with Crippen LogP contribution in [0.25, 0.3) is 11.5 Å². The summed E-state index contributed by atoms with van der Waals surface area (Å²) >= 11 is 0. The monoisotopic (exact) mass is 362 g/mol. The molecule has 27 heavy (non-hydrogen) atoms. The predicted octanol–water partition coefficient (Wildman–Crippen LogP) is 5.40. The maximum atomic E-state index is 5.35. The molecular weight excluding hydrogens is 336 g/mol. The van der Waals surface area contributed by atoms with Crippen LogP contribution in [-0.4, -0.2) is 16.2 Å². The Kier molecular flexibility index (Phi) is 5.37. The van der Waals surface area contributed by atoms with Crippen LogP contribution < -0.4 is 10.6 Å². The lowest BCUT2D eigenvalue weighted by molar-refractivity contribution is 0.425. The number of benzene rings is 2. The van der Waals surface area contributed by atoms with Gasteiger partial charge in [0.2, 0.25) is 0 Å². The first-order valence-corrected chi connectivity index (χ1v) is 9.77. The normalized spacial score (nSPS) is 14.9. The van der Waals surface area contributed by atoms with Gasteiger partial charge in [-0.15, -0.1) is 0 Å². The van der Waals surface area contributed by atoms with E-state index in [1.807, 2.05) is 19.1 Å². The quantitative estimate of drug-likeness (QED) is 0.614. The molecule has 0 saturated heterocycles. The summed E-state index contributed by atoms with van der Waals surface area (Å²) < 4.78 is 5.35. The molecule has 0 aliphatic heterocycles. The second-order valence-electron chi connectivity index (χ2n) is 7.23. The highest BCUT2D eigenvalue weighted by Gasteiger charge is 2.16. The van der Waals surface area contributed by atoms with Crippen molar-refractivity contribution in [2.45, 2.75) is 51.6 Å². The predicted molar refractivity (Wildman–Crippen MR) is 109 cm³/mol. The Morgan fingerprint density at radius 2 is 1.81 bits per heavy atom. The minimum absolute atomic E-state index is 0.549. The molecule has 140 valence electrons. The van der Waals surface area contributed by atoms with E-state index in [2.05, 4.69) is 57.2 Å². The van der Waals surface area contributed by atoms with Crippen LogP contribution in [0.4, 0.5) is 11.4 Å². The molecule has 2 N–H and O–H groups in total. The molecular formula is C22H26N4O. The SMILES string of the molecule is Cc1noc(-c2ccc(NC3CCCCC3)c(NCc3ccccc3)c2)n1. The molecule has 1 aromatic heterocycles. The number of aromatic nitrogens is 2. The van der Waals surface area contributed by atoms with E-state index in [0.29, 0.717) is 17.8 Å². The molecule has 0 unspecified atom stereocenters. The first kappa shape index (κ1) is 17.6. The van der Waals surface area contributed by atoms with E-state index in [4.69, 9.17) is 4.52 Å². The minimum Gasteiger partial charge on any atom is -0.381 e. The number of hydrogen-bond acceptors (Lipinski definition) is 5. The highest BCUT2D eigenvalue weighted by Crippen LogP contribution is 2.31. The van der Waals surface area contributed by atoms with Gasteiger partial charge in [-0.05, 0) is 43.5 Å². The number of nitrogens with zero attached hydrogens (tertiary/aromatic N) is 2. The summed E-state index contributed by atoms with van der Waals surface area (Å²) in [4.78, 5) is 4.36. The van der Waals surface area contributed by atoms with Gasteiger partial charge in [0.25, 0.3) is 5.89 Å². The van der Waals surface area contributed by atoms with Crippen molar-refractivity contribution >= 4 is 11.4 Å². The summed E-state index contributed by atoms with van der Waals surface area (Å²) in [6.07, 6.45) is 6.45. The molecule has 0 amide bonds. The zero-order chi connectivity index (χ0) is 18.5. The third-order valence-electron chi connectivity index (χ3n) is 5.08. The summed E-state index contributed by atoms with van der Waals surface area (Å²) in [6.45, 7) is 2.60. The molecule has 1 aliphatic carbocycles. The van der Waals surface area contributed by atoms with Crippen molar-refractivity contribution in [3.8, 4) is 11.5 Å². The van der Waals surface area contributed by atoms with Gasteiger partial charge in [0.1, 0.15) is 0 Å². The van der Waals surface area contributed by atoms with Crippen LogP contribution >= 0.6 is 0 Å². The van der Waals surface area contributed by atoms with Crippen molar-refractivity contribution in [1.29, 1.82) is 0 Å². The van der Waals surface area contributed by atoms with Crippen LogP contribution in [0.1, 0.15) is 43.5 Å². The van der Waals surface area contributed by atoms with E-state index in [1.54, 1.807) is 0 Å². The second kappa shape index (κ2) is 8.25. The van der Waals surface area contributed by atoms with Gasteiger partial charge < -0.3 is 15.2 Å². The third kappa shape index (κ3) is 4.48. The second-order valence-corrected chi connectivity index (χ2v) is 7.23. The number of nitrogens with one attached hydrogen (secondary N) is 2. The summed E-state index contributed by atoms with van der Waals surface area (Å²) in [6, 6.07) is 17.2. The van der Waals surface area contributed by atoms with E-state index >= 15 is 0 Å². The highest BCUT2D eigenvalue weighted by atomic mass is 16.5. The lowest BCUT2D eigenvalue weighted by Gasteiger charge is -2.25. The number of rotatable bonds is 6. The van der Waals surface area contributed by atoms with Gasteiger partial charge in [-0.25, -0.2) is 0 Å². The van der Waals surface area contributed by atoms with E-state index in [0.717, 1.165) is 23.5 Å². The van der Waals surface area contributed by atoms with Crippen LogP contribution in [-0.2, 0) is 6.54 Å². The molecule has 4 rings (SSSR count). The molecule has 0 atom stereocenters. The van der Waals surface area contributed by atoms with Crippen molar-refractivity contribution in [2.24, 2.45) is 0 Å². The van der Waals surface area contributed by atoms with Crippen LogP contribution in [0.15, 0.2) is 53.1 Å². The first-order chi connectivity index (χ1) is 13.3. The molecule has 1 aliphatic rings. The fourth-order valence-corrected chi connectivity index (χ4v) is 3.62. The lowest BCUT2D eigenvalue weighted by Crippen LogP contribution is -2.22. The van der Waals surface area contributed by atoms with E-state index in [9.17, 15) is 0 Å². The maximum absolute atomic E-state index is 5.35. The average Bonchev–Trinajstić information content (AvgIpc) is 3.15. The zero-order valence-electron chi connectivity index (χ0n) is 15.7. The Morgan fingerprint density at radius 3 is 2.56 bits per heavy atom. The Hall–Kier alpha value is -2.82. The molecule has 1 heterocycles. The fraction of sp³-hybridized carbons (Fsp3) is 0.364. The molecule has 3 aromatic rings. The summed E-state index contributed by atoms with van der Waals surface area (Å²) in [7, 11) is 0. The van der Waals surface area contributed by atoms with Gasteiger partial charge in [0, 0.05) is 18.2 Å². The van der Waals surface area contributed by atoms with Gasteiger partial charge in [-0.1, -0.05) is 54.8 Å². The van der Waals surface area contributed by atoms with Crippen LogP contribution in [0, 0.1) is 6.92 Å². The largest absolute Gasteiger partial charge is 0.381 e. The smallest absolute Gasteiger partial charge is 0.257 e. The Balaban J connectivity index is 1.58. The molecule has 2 aromatic carbocycles. The summed E-state index contributed by atoms with van der Waals surface area (Å²) in [5, 5.41) is 11.2. The minimum atomic E-state index is 0.549. The van der Waals surface area contributed by atoms with Gasteiger partial charge in [-0.2, -0.15) is 4.98 Å². The van der Waals surface area contributed by atoms with Crippen molar-refractivity contribution in [2.75, 3.05) is 10.6 Å². The molecule has 5 heteroatoms. The van der Waals surface area contributed by atoms with Gasteiger partial charge in [0.05, 0.1) is 11.4 Å². The van der Waals surface area contributed by atoms with E-state index in [-0.39, 0.29) is 0 Å². The van der Waals surface area contributed by atoms with Crippen LogP contribution in [0.2, 0.25) is 0 Å². The molecule has 1 saturated carbocycles. The Morgan fingerprint density at radius 1 is 1.00 bits per heavy atom.